The number of hydrogen-bond donors (Lipinski definition) is 0. The molecule has 2 unspecified atom stereocenters. The van der Waals surface area contributed by atoms with Crippen molar-refractivity contribution in [1.29, 1.82) is 0 Å². The predicted molar refractivity (Wildman–Crippen MR) is 82.2 cm³/mol. The van der Waals surface area contributed by atoms with E-state index < -0.39 is 0 Å². The maximum absolute atomic E-state index is 4.42. The number of aromatic nitrogens is 5. The molecule has 2 aromatic heterocycles. The highest BCUT2D eigenvalue weighted by molar-refractivity contribution is 5.40. The number of hydrogen-bond acceptors (Lipinski definition) is 6. The van der Waals surface area contributed by atoms with Crippen molar-refractivity contribution in [1.82, 2.24) is 29.9 Å². The van der Waals surface area contributed by atoms with Crippen molar-refractivity contribution in [2.75, 3.05) is 31.1 Å². The average molecular weight is 299 g/mol. The fraction of sp³-hybridized carbons (Fsp3) is 0.600. The van der Waals surface area contributed by atoms with Crippen LogP contribution in [0.25, 0.3) is 0 Å². The summed E-state index contributed by atoms with van der Waals surface area (Å²) in [5.74, 6) is 2.53. The van der Waals surface area contributed by atoms with Crippen LogP contribution >= 0.6 is 0 Å². The Hall–Kier alpha value is -2.02. The first-order chi connectivity index (χ1) is 10.7. The molecule has 116 valence electrons. The van der Waals surface area contributed by atoms with Crippen LogP contribution in [-0.4, -0.2) is 56.0 Å². The molecule has 4 heterocycles. The van der Waals surface area contributed by atoms with Crippen LogP contribution < -0.4 is 4.90 Å². The zero-order chi connectivity index (χ0) is 15.1. The van der Waals surface area contributed by atoms with Crippen molar-refractivity contribution in [3.8, 4) is 0 Å². The normalized spacial score (nSPS) is 24.9. The van der Waals surface area contributed by atoms with Gasteiger partial charge in [0, 0.05) is 57.7 Å². The highest BCUT2D eigenvalue weighted by Gasteiger charge is 2.40. The average Bonchev–Trinajstić information content (AvgIpc) is 3.14. The standard InChI is InChI=1S/C15H21N7/c1-11-3-15(17-10-16-11)22-6-12-4-21(5-13(12)7-22)9-14-8-20(2)19-18-14/h3,8,10,12-13H,4-7,9H2,1-2H3. The Balaban J connectivity index is 1.38. The highest BCUT2D eigenvalue weighted by atomic mass is 15.4. The van der Waals surface area contributed by atoms with Crippen LogP contribution in [0.15, 0.2) is 18.6 Å². The third-order valence-corrected chi connectivity index (χ3v) is 4.71. The fourth-order valence-electron chi connectivity index (χ4n) is 3.72. The molecular weight excluding hydrogens is 278 g/mol. The van der Waals surface area contributed by atoms with Gasteiger partial charge in [0.25, 0.3) is 0 Å². The Morgan fingerprint density at radius 1 is 1.14 bits per heavy atom. The summed E-state index contributed by atoms with van der Waals surface area (Å²) in [6.07, 6.45) is 3.67. The zero-order valence-corrected chi connectivity index (χ0v) is 13.1. The molecule has 0 aromatic carbocycles. The van der Waals surface area contributed by atoms with E-state index in [4.69, 9.17) is 0 Å². The minimum atomic E-state index is 0.729. The fourth-order valence-corrected chi connectivity index (χ4v) is 3.72. The van der Waals surface area contributed by atoms with Crippen molar-refractivity contribution in [3.05, 3.63) is 30.0 Å². The molecule has 2 aliphatic rings. The lowest BCUT2D eigenvalue weighted by atomic mass is 10.0. The van der Waals surface area contributed by atoms with Gasteiger partial charge in [-0.1, -0.05) is 5.21 Å². The molecule has 7 nitrogen and oxygen atoms in total. The van der Waals surface area contributed by atoms with Crippen LogP contribution in [0.1, 0.15) is 11.4 Å². The molecule has 0 spiro atoms. The molecule has 2 atom stereocenters. The molecule has 7 heteroatoms. The molecule has 2 aliphatic heterocycles. The van der Waals surface area contributed by atoms with Crippen LogP contribution in [-0.2, 0) is 13.6 Å². The summed E-state index contributed by atoms with van der Waals surface area (Å²) < 4.78 is 1.77. The van der Waals surface area contributed by atoms with E-state index in [9.17, 15) is 0 Å². The predicted octanol–water partition coefficient (Wildman–Crippen LogP) is 0.482. The molecule has 0 bridgehead atoms. The lowest BCUT2D eigenvalue weighted by Gasteiger charge is -2.21. The van der Waals surface area contributed by atoms with Crippen LogP contribution in [0.5, 0.6) is 0 Å². The van der Waals surface area contributed by atoms with Crippen molar-refractivity contribution in [3.63, 3.8) is 0 Å². The molecule has 2 fully saturated rings. The van der Waals surface area contributed by atoms with E-state index in [-0.39, 0.29) is 0 Å². The van der Waals surface area contributed by atoms with Crippen LogP contribution in [0, 0.1) is 18.8 Å². The minimum Gasteiger partial charge on any atom is -0.356 e. The van der Waals surface area contributed by atoms with Crippen molar-refractivity contribution in [2.45, 2.75) is 13.5 Å². The van der Waals surface area contributed by atoms with Gasteiger partial charge < -0.3 is 4.90 Å². The monoisotopic (exact) mass is 299 g/mol. The van der Waals surface area contributed by atoms with Crippen LogP contribution in [0.2, 0.25) is 0 Å². The number of likely N-dealkylation sites (tertiary alicyclic amines) is 1. The number of aryl methyl sites for hydroxylation is 2. The van der Waals surface area contributed by atoms with Gasteiger partial charge in [-0.25, -0.2) is 9.97 Å². The van der Waals surface area contributed by atoms with Gasteiger partial charge in [-0.15, -0.1) is 5.10 Å². The first-order valence-corrected chi connectivity index (χ1v) is 7.78. The highest BCUT2D eigenvalue weighted by Crippen LogP contribution is 2.33. The Bertz CT molecular complexity index is 653. The topological polar surface area (TPSA) is 63.0 Å². The number of nitrogens with zero attached hydrogens (tertiary/aromatic N) is 7. The second-order valence-electron chi connectivity index (χ2n) is 6.52. The van der Waals surface area contributed by atoms with Gasteiger partial charge in [-0.2, -0.15) is 0 Å². The third-order valence-electron chi connectivity index (χ3n) is 4.71. The van der Waals surface area contributed by atoms with E-state index >= 15 is 0 Å². The number of anilines is 1. The Labute approximate surface area is 130 Å². The molecule has 0 amide bonds. The quantitative estimate of drug-likeness (QED) is 0.821. The van der Waals surface area contributed by atoms with E-state index in [1.54, 1.807) is 11.0 Å². The maximum atomic E-state index is 4.42. The minimum absolute atomic E-state index is 0.729. The van der Waals surface area contributed by atoms with Gasteiger partial charge in [0.1, 0.15) is 12.1 Å². The molecule has 0 aliphatic carbocycles. The van der Waals surface area contributed by atoms with Gasteiger partial charge in [-0.3, -0.25) is 9.58 Å². The van der Waals surface area contributed by atoms with Crippen molar-refractivity contribution in [2.24, 2.45) is 18.9 Å². The van der Waals surface area contributed by atoms with Gasteiger partial charge in [0.2, 0.25) is 0 Å². The van der Waals surface area contributed by atoms with E-state index in [2.05, 4.69) is 36.1 Å². The Morgan fingerprint density at radius 2 is 1.91 bits per heavy atom. The lowest BCUT2D eigenvalue weighted by molar-refractivity contribution is 0.305. The second-order valence-corrected chi connectivity index (χ2v) is 6.52. The lowest BCUT2D eigenvalue weighted by Crippen LogP contribution is -2.29. The number of rotatable bonds is 3. The summed E-state index contributed by atoms with van der Waals surface area (Å²) in [6.45, 7) is 7.40. The van der Waals surface area contributed by atoms with Gasteiger partial charge in [0.15, 0.2) is 0 Å². The van der Waals surface area contributed by atoms with Gasteiger partial charge in [-0.05, 0) is 18.8 Å². The van der Waals surface area contributed by atoms with E-state index in [0.717, 1.165) is 61.8 Å². The first kappa shape index (κ1) is 13.6. The smallest absolute Gasteiger partial charge is 0.132 e. The molecule has 2 saturated heterocycles. The van der Waals surface area contributed by atoms with Crippen LogP contribution in [0.4, 0.5) is 5.82 Å². The van der Waals surface area contributed by atoms with Crippen molar-refractivity contribution < 1.29 is 0 Å². The summed E-state index contributed by atoms with van der Waals surface area (Å²) >= 11 is 0. The molecular formula is C15H21N7. The van der Waals surface area contributed by atoms with E-state index in [0.29, 0.717) is 0 Å². The Kier molecular flexibility index (Phi) is 3.29. The second kappa shape index (κ2) is 5.31. The Morgan fingerprint density at radius 3 is 2.55 bits per heavy atom. The SMILES string of the molecule is Cc1cc(N2CC3CN(Cc4cn(C)nn4)CC3C2)ncn1. The molecule has 0 saturated carbocycles. The van der Waals surface area contributed by atoms with E-state index in [1.807, 2.05) is 20.2 Å². The largest absolute Gasteiger partial charge is 0.356 e. The molecule has 4 rings (SSSR count). The van der Waals surface area contributed by atoms with Crippen molar-refractivity contribution >= 4 is 5.82 Å². The van der Waals surface area contributed by atoms with Gasteiger partial charge >= 0.3 is 0 Å². The van der Waals surface area contributed by atoms with E-state index in [1.165, 1.54) is 0 Å². The summed E-state index contributed by atoms with van der Waals surface area (Å²) in [4.78, 5) is 13.5. The van der Waals surface area contributed by atoms with Gasteiger partial charge in [0.05, 0.1) is 5.69 Å². The third kappa shape index (κ3) is 2.56. The summed E-state index contributed by atoms with van der Waals surface area (Å²) in [6, 6.07) is 2.08. The molecule has 22 heavy (non-hydrogen) atoms. The summed E-state index contributed by atoms with van der Waals surface area (Å²) in [5, 5.41) is 8.20. The maximum Gasteiger partial charge on any atom is 0.132 e. The summed E-state index contributed by atoms with van der Waals surface area (Å²) in [5.41, 5.74) is 2.09. The number of fused-ring (bicyclic) bond motifs is 1. The van der Waals surface area contributed by atoms with Crippen LogP contribution in [0.3, 0.4) is 0 Å². The molecule has 0 N–H and O–H groups in total. The molecule has 2 aromatic rings. The zero-order valence-electron chi connectivity index (χ0n) is 13.1. The summed E-state index contributed by atoms with van der Waals surface area (Å²) in [7, 11) is 1.91. The molecule has 0 radical (unpaired) electrons. The first-order valence-electron chi connectivity index (χ1n) is 7.78.